The number of piperidine rings is 1. The summed E-state index contributed by atoms with van der Waals surface area (Å²) in [5.74, 6) is -0.861. The highest BCUT2D eigenvalue weighted by molar-refractivity contribution is 5.98. The van der Waals surface area contributed by atoms with E-state index in [1.807, 2.05) is 13.8 Å². The van der Waals surface area contributed by atoms with Crippen LogP contribution in [0.25, 0.3) is 0 Å². The van der Waals surface area contributed by atoms with E-state index >= 15 is 0 Å². The van der Waals surface area contributed by atoms with Crippen molar-refractivity contribution in [2.45, 2.75) is 26.7 Å². The van der Waals surface area contributed by atoms with E-state index in [2.05, 4.69) is 5.32 Å². The van der Waals surface area contributed by atoms with Crippen LogP contribution in [0.4, 0.5) is 5.69 Å². The van der Waals surface area contributed by atoms with Crippen molar-refractivity contribution >= 4 is 23.5 Å². The molecular formula is C19H24N2O4. The number of amides is 2. The molecule has 2 aliphatic rings. The molecule has 4 unspecified atom stereocenters. The fraction of sp³-hybridized carbons (Fsp3) is 0.526. The monoisotopic (exact) mass is 344 g/mol. The molecule has 6 heteroatoms. The minimum absolute atomic E-state index is 0.00740. The number of hydrogen-bond donors (Lipinski definition) is 2. The molecule has 6 nitrogen and oxygen atoms in total. The van der Waals surface area contributed by atoms with Gasteiger partial charge in [-0.15, -0.1) is 0 Å². The SMILES string of the molecule is CC1CN(C(=O)c2cccc(NC(=O)C3CC3C)c2)CCC1C(=O)O. The number of rotatable bonds is 4. The van der Waals surface area contributed by atoms with Crippen LogP contribution in [0.15, 0.2) is 24.3 Å². The van der Waals surface area contributed by atoms with E-state index in [0.29, 0.717) is 36.7 Å². The van der Waals surface area contributed by atoms with Gasteiger partial charge in [-0.3, -0.25) is 14.4 Å². The van der Waals surface area contributed by atoms with Gasteiger partial charge < -0.3 is 15.3 Å². The molecule has 1 aromatic rings. The summed E-state index contributed by atoms with van der Waals surface area (Å²) >= 11 is 0. The number of carbonyl (C=O) groups is 3. The average Bonchev–Trinajstić information content (AvgIpc) is 3.31. The second kappa shape index (κ2) is 6.86. The highest BCUT2D eigenvalue weighted by Gasteiger charge is 2.39. The van der Waals surface area contributed by atoms with E-state index < -0.39 is 11.9 Å². The zero-order valence-electron chi connectivity index (χ0n) is 14.6. The van der Waals surface area contributed by atoms with Gasteiger partial charge in [0.25, 0.3) is 5.91 Å². The van der Waals surface area contributed by atoms with Crippen LogP contribution >= 0.6 is 0 Å². The maximum Gasteiger partial charge on any atom is 0.306 e. The van der Waals surface area contributed by atoms with Crippen molar-refractivity contribution in [1.82, 2.24) is 4.90 Å². The van der Waals surface area contributed by atoms with Crippen molar-refractivity contribution < 1.29 is 19.5 Å². The minimum atomic E-state index is -0.793. The molecular weight excluding hydrogens is 320 g/mol. The van der Waals surface area contributed by atoms with Crippen LogP contribution in [-0.2, 0) is 9.59 Å². The smallest absolute Gasteiger partial charge is 0.306 e. The van der Waals surface area contributed by atoms with E-state index in [1.165, 1.54) is 0 Å². The second-order valence-corrected chi connectivity index (χ2v) is 7.35. The summed E-state index contributed by atoms with van der Waals surface area (Å²) in [5.41, 5.74) is 1.14. The van der Waals surface area contributed by atoms with Crippen LogP contribution in [0.5, 0.6) is 0 Å². The Bertz CT molecular complexity index is 702. The molecule has 1 aromatic carbocycles. The lowest BCUT2D eigenvalue weighted by Crippen LogP contribution is -2.45. The number of anilines is 1. The highest BCUT2D eigenvalue weighted by Crippen LogP contribution is 2.38. The van der Waals surface area contributed by atoms with Crippen LogP contribution in [0, 0.1) is 23.7 Å². The quantitative estimate of drug-likeness (QED) is 0.878. The Morgan fingerprint density at radius 2 is 1.88 bits per heavy atom. The summed E-state index contributed by atoms with van der Waals surface area (Å²) in [4.78, 5) is 37.7. The van der Waals surface area contributed by atoms with E-state index in [9.17, 15) is 19.5 Å². The molecule has 2 N–H and O–H groups in total. The van der Waals surface area contributed by atoms with Gasteiger partial charge in [0.05, 0.1) is 5.92 Å². The van der Waals surface area contributed by atoms with Crippen LogP contribution in [0.2, 0.25) is 0 Å². The first-order valence-corrected chi connectivity index (χ1v) is 8.80. The fourth-order valence-electron chi connectivity index (χ4n) is 3.53. The lowest BCUT2D eigenvalue weighted by Gasteiger charge is -2.35. The third-order valence-corrected chi connectivity index (χ3v) is 5.33. The number of carbonyl (C=O) groups excluding carboxylic acids is 2. The van der Waals surface area contributed by atoms with Crippen molar-refractivity contribution in [3.8, 4) is 0 Å². The van der Waals surface area contributed by atoms with Crippen LogP contribution < -0.4 is 5.32 Å². The highest BCUT2D eigenvalue weighted by atomic mass is 16.4. The molecule has 1 saturated carbocycles. The third-order valence-electron chi connectivity index (χ3n) is 5.33. The van der Waals surface area contributed by atoms with Gasteiger partial charge in [-0.2, -0.15) is 0 Å². The molecule has 2 fully saturated rings. The number of benzene rings is 1. The molecule has 0 bridgehead atoms. The molecule has 0 aromatic heterocycles. The Labute approximate surface area is 147 Å². The Morgan fingerprint density at radius 1 is 1.16 bits per heavy atom. The van der Waals surface area contributed by atoms with Crippen molar-refractivity contribution in [3.05, 3.63) is 29.8 Å². The molecule has 134 valence electrons. The molecule has 2 amide bonds. The van der Waals surface area contributed by atoms with Crippen LogP contribution in [-0.4, -0.2) is 40.9 Å². The van der Waals surface area contributed by atoms with E-state index in [4.69, 9.17) is 0 Å². The minimum Gasteiger partial charge on any atom is -0.481 e. The largest absolute Gasteiger partial charge is 0.481 e. The maximum absolute atomic E-state index is 12.7. The molecule has 1 saturated heterocycles. The van der Waals surface area contributed by atoms with Gasteiger partial charge in [-0.25, -0.2) is 0 Å². The topological polar surface area (TPSA) is 86.7 Å². The van der Waals surface area contributed by atoms with Gasteiger partial charge in [0.15, 0.2) is 0 Å². The number of likely N-dealkylation sites (tertiary alicyclic amines) is 1. The van der Waals surface area contributed by atoms with Gasteiger partial charge in [0.1, 0.15) is 0 Å². The van der Waals surface area contributed by atoms with Crippen LogP contribution in [0.3, 0.4) is 0 Å². The molecule has 1 aliphatic heterocycles. The van der Waals surface area contributed by atoms with E-state index in [1.54, 1.807) is 29.2 Å². The Morgan fingerprint density at radius 3 is 2.48 bits per heavy atom. The Balaban J connectivity index is 1.65. The van der Waals surface area contributed by atoms with Gasteiger partial charge in [0.2, 0.25) is 5.91 Å². The first-order valence-electron chi connectivity index (χ1n) is 8.80. The summed E-state index contributed by atoms with van der Waals surface area (Å²) in [6.45, 7) is 4.79. The lowest BCUT2D eigenvalue weighted by molar-refractivity contribution is -0.145. The molecule has 1 aliphatic carbocycles. The zero-order valence-corrected chi connectivity index (χ0v) is 14.6. The third kappa shape index (κ3) is 3.83. The number of hydrogen-bond acceptors (Lipinski definition) is 3. The summed E-state index contributed by atoms with van der Waals surface area (Å²) in [7, 11) is 0. The average molecular weight is 344 g/mol. The molecule has 0 radical (unpaired) electrons. The second-order valence-electron chi connectivity index (χ2n) is 7.35. The molecule has 0 spiro atoms. The summed E-state index contributed by atoms with van der Waals surface area (Å²) < 4.78 is 0. The van der Waals surface area contributed by atoms with Gasteiger partial charge in [-0.1, -0.05) is 19.9 Å². The summed E-state index contributed by atoms with van der Waals surface area (Å²) in [6.07, 6.45) is 1.39. The maximum atomic E-state index is 12.7. The lowest BCUT2D eigenvalue weighted by atomic mass is 9.87. The first-order chi connectivity index (χ1) is 11.9. The van der Waals surface area contributed by atoms with Crippen molar-refractivity contribution in [3.63, 3.8) is 0 Å². The molecule has 4 atom stereocenters. The summed E-state index contributed by atoms with van der Waals surface area (Å²) in [5, 5.41) is 12.1. The van der Waals surface area contributed by atoms with Crippen molar-refractivity contribution in [2.75, 3.05) is 18.4 Å². The van der Waals surface area contributed by atoms with E-state index in [-0.39, 0.29) is 23.7 Å². The number of carboxylic acids is 1. The number of nitrogens with one attached hydrogen (secondary N) is 1. The Hall–Kier alpha value is -2.37. The standard InChI is InChI=1S/C19H24N2O4/c1-11-8-16(11)17(22)20-14-5-3-4-13(9-14)18(23)21-7-6-15(19(24)25)12(2)10-21/h3-5,9,11-12,15-16H,6-8,10H2,1-2H3,(H,20,22)(H,24,25). The molecule has 25 heavy (non-hydrogen) atoms. The summed E-state index contributed by atoms with van der Waals surface area (Å²) in [6, 6.07) is 6.96. The number of carboxylic acid groups (broad SMARTS) is 1. The number of nitrogens with zero attached hydrogens (tertiary/aromatic N) is 1. The van der Waals surface area contributed by atoms with Gasteiger partial charge >= 0.3 is 5.97 Å². The fourth-order valence-corrected chi connectivity index (χ4v) is 3.53. The Kier molecular flexibility index (Phi) is 4.79. The van der Waals surface area contributed by atoms with E-state index in [0.717, 1.165) is 6.42 Å². The van der Waals surface area contributed by atoms with Gasteiger partial charge in [0, 0.05) is 30.3 Å². The van der Waals surface area contributed by atoms with Crippen molar-refractivity contribution in [1.29, 1.82) is 0 Å². The zero-order chi connectivity index (χ0) is 18.1. The van der Waals surface area contributed by atoms with Crippen molar-refractivity contribution in [2.24, 2.45) is 23.7 Å². The molecule has 1 heterocycles. The predicted octanol–water partition coefficient (Wildman–Crippen LogP) is 2.46. The number of aliphatic carboxylic acids is 1. The molecule has 3 rings (SSSR count). The normalized spacial score (nSPS) is 28.3. The van der Waals surface area contributed by atoms with Crippen LogP contribution in [0.1, 0.15) is 37.0 Å². The first kappa shape index (κ1) is 17.5. The predicted molar refractivity (Wildman–Crippen MR) is 93.2 cm³/mol. The van der Waals surface area contributed by atoms with Gasteiger partial charge in [-0.05, 0) is 42.9 Å².